The van der Waals surface area contributed by atoms with Crippen LogP contribution < -0.4 is 10.6 Å². The lowest BCUT2D eigenvalue weighted by molar-refractivity contribution is 0.798. The molecular formula is C12H19N3. The van der Waals surface area contributed by atoms with Crippen LogP contribution in [0.3, 0.4) is 0 Å². The van der Waals surface area contributed by atoms with E-state index in [9.17, 15) is 0 Å². The van der Waals surface area contributed by atoms with E-state index in [1.807, 2.05) is 30.9 Å². The van der Waals surface area contributed by atoms with Gasteiger partial charge in [-0.2, -0.15) is 0 Å². The molecule has 0 amide bonds. The average molecular weight is 205 g/mol. The van der Waals surface area contributed by atoms with E-state index in [1.165, 1.54) is 5.56 Å². The maximum absolute atomic E-state index is 7.55. The number of nitrogens with one attached hydrogen (secondary N) is 1. The minimum Gasteiger partial charge on any atom is -0.370 e. The first-order valence-electron chi connectivity index (χ1n) is 5.28. The molecule has 0 unspecified atom stereocenters. The number of benzene rings is 1. The Labute approximate surface area is 91.4 Å². The smallest absolute Gasteiger partial charge is 0.193 e. The largest absolute Gasteiger partial charge is 0.370 e. The SMILES string of the molecule is CCc1cccc(N(C(=N)N)C(C)C)c1. The van der Waals surface area contributed by atoms with Crippen molar-refractivity contribution in [3.63, 3.8) is 0 Å². The first-order valence-corrected chi connectivity index (χ1v) is 5.28. The normalized spacial score (nSPS) is 10.4. The second-order valence-corrected chi connectivity index (χ2v) is 3.87. The van der Waals surface area contributed by atoms with Crippen LogP contribution in [0.2, 0.25) is 0 Å². The number of nitrogens with zero attached hydrogens (tertiary/aromatic N) is 1. The Balaban J connectivity index is 3.05. The van der Waals surface area contributed by atoms with Crippen LogP contribution in [0, 0.1) is 5.41 Å². The highest BCUT2D eigenvalue weighted by Gasteiger charge is 2.13. The van der Waals surface area contributed by atoms with E-state index in [-0.39, 0.29) is 12.0 Å². The molecule has 0 saturated carbocycles. The number of nitrogens with two attached hydrogens (primary N) is 1. The molecule has 0 aliphatic rings. The number of anilines is 1. The van der Waals surface area contributed by atoms with Gasteiger partial charge in [0.25, 0.3) is 0 Å². The highest BCUT2D eigenvalue weighted by molar-refractivity contribution is 5.93. The molecule has 0 bridgehead atoms. The molecule has 3 nitrogen and oxygen atoms in total. The molecule has 0 spiro atoms. The predicted octanol–water partition coefficient (Wildman–Crippen LogP) is 2.36. The van der Waals surface area contributed by atoms with Gasteiger partial charge in [-0.3, -0.25) is 5.41 Å². The molecule has 0 aromatic heterocycles. The topological polar surface area (TPSA) is 53.1 Å². The van der Waals surface area contributed by atoms with Gasteiger partial charge in [0.05, 0.1) is 0 Å². The fourth-order valence-corrected chi connectivity index (χ4v) is 1.64. The zero-order chi connectivity index (χ0) is 11.4. The highest BCUT2D eigenvalue weighted by atomic mass is 15.2. The second-order valence-electron chi connectivity index (χ2n) is 3.87. The number of rotatable bonds is 3. The summed E-state index contributed by atoms with van der Waals surface area (Å²) in [5, 5.41) is 7.55. The maximum Gasteiger partial charge on any atom is 0.193 e. The van der Waals surface area contributed by atoms with Crippen LogP contribution in [0.15, 0.2) is 24.3 Å². The molecule has 15 heavy (non-hydrogen) atoms. The molecule has 0 atom stereocenters. The molecule has 1 aromatic rings. The van der Waals surface area contributed by atoms with E-state index in [0.717, 1.165) is 12.1 Å². The van der Waals surface area contributed by atoms with Crippen molar-refractivity contribution in [2.75, 3.05) is 4.90 Å². The van der Waals surface area contributed by atoms with Crippen molar-refractivity contribution in [1.29, 1.82) is 5.41 Å². The molecule has 1 aromatic carbocycles. The minimum atomic E-state index is 0.0956. The molecule has 82 valence electrons. The minimum absolute atomic E-state index is 0.0956. The van der Waals surface area contributed by atoms with Crippen molar-refractivity contribution in [2.45, 2.75) is 33.2 Å². The van der Waals surface area contributed by atoms with E-state index in [1.54, 1.807) is 0 Å². The van der Waals surface area contributed by atoms with Gasteiger partial charge in [0.1, 0.15) is 0 Å². The highest BCUT2D eigenvalue weighted by Crippen LogP contribution is 2.18. The summed E-state index contributed by atoms with van der Waals surface area (Å²) in [5.74, 6) is 0.0956. The van der Waals surface area contributed by atoms with E-state index in [0.29, 0.717) is 0 Å². The zero-order valence-electron chi connectivity index (χ0n) is 9.62. The van der Waals surface area contributed by atoms with E-state index >= 15 is 0 Å². The van der Waals surface area contributed by atoms with Crippen molar-refractivity contribution >= 4 is 11.6 Å². The van der Waals surface area contributed by atoms with E-state index in [2.05, 4.69) is 19.1 Å². The van der Waals surface area contributed by atoms with E-state index < -0.39 is 0 Å². The Morgan fingerprint density at radius 1 is 1.47 bits per heavy atom. The van der Waals surface area contributed by atoms with Crippen molar-refractivity contribution in [2.24, 2.45) is 5.73 Å². The van der Waals surface area contributed by atoms with Crippen molar-refractivity contribution in [3.05, 3.63) is 29.8 Å². The molecule has 1 rings (SSSR count). The van der Waals surface area contributed by atoms with Crippen molar-refractivity contribution < 1.29 is 0 Å². The number of aryl methyl sites for hydroxylation is 1. The Morgan fingerprint density at radius 2 is 2.13 bits per heavy atom. The summed E-state index contributed by atoms with van der Waals surface area (Å²) in [7, 11) is 0. The van der Waals surface area contributed by atoms with Gasteiger partial charge in [-0.15, -0.1) is 0 Å². The van der Waals surface area contributed by atoms with Crippen LogP contribution in [-0.4, -0.2) is 12.0 Å². The summed E-state index contributed by atoms with van der Waals surface area (Å²) >= 11 is 0. The Hall–Kier alpha value is -1.51. The average Bonchev–Trinajstić information content (AvgIpc) is 2.17. The van der Waals surface area contributed by atoms with Crippen molar-refractivity contribution in [3.8, 4) is 0 Å². The van der Waals surface area contributed by atoms with E-state index in [4.69, 9.17) is 11.1 Å². The lowest BCUT2D eigenvalue weighted by Gasteiger charge is -2.27. The van der Waals surface area contributed by atoms with Crippen LogP contribution in [0.1, 0.15) is 26.3 Å². The predicted molar refractivity (Wildman–Crippen MR) is 65.3 cm³/mol. The standard InChI is InChI=1S/C12H19N3/c1-4-10-6-5-7-11(8-10)15(9(2)3)12(13)14/h5-9H,4H2,1-3H3,(H3,13,14). The fourth-order valence-electron chi connectivity index (χ4n) is 1.64. The lowest BCUT2D eigenvalue weighted by Crippen LogP contribution is -2.41. The Bertz CT molecular complexity index is 344. The summed E-state index contributed by atoms with van der Waals surface area (Å²) in [6, 6.07) is 8.37. The molecular weight excluding hydrogens is 186 g/mol. The zero-order valence-corrected chi connectivity index (χ0v) is 9.62. The fraction of sp³-hybridized carbons (Fsp3) is 0.417. The molecule has 3 N–H and O–H groups in total. The van der Waals surface area contributed by atoms with Gasteiger partial charge in [0.15, 0.2) is 5.96 Å². The summed E-state index contributed by atoms with van der Waals surface area (Å²) < 4.78 is 0. The van der Waals surface area contributed by atoms with Crippen LogP contribution in [0.4, 0.5) is 5.69 Å². The lowest BCUT2D eigenvalue weighted by atomic mass is 10.1. The summed E-state index contributed by atoms with van der Waals surface area (Å²) in [6.45, 7) is 6.17. The summed E-state index contributed by atoms with van der Waals surface area (Å²) in [6.07, 6.45) is 0.998. The maximum atomic E-state index is 7.55. The van der Waals surface area contributed by atoms with Crippen LogP contribution in [-0.2, 0) is 6.42 Å². The molecule has 0 aliphatic carbocycles. The third-order valence-electron chi connectivity index (χ3n) is 2.37. The first-order chi connectivity index (χ1) is 7.06. The number of hydrogen-bond acceptors (Lipinski definition) is 1. The number of hydrogen-bond donors (Lipinski definition) is 2. The Kier molecular flexibility index (Phi) is 3.72. The van der Waals surface area contributed by atoms with Gasteiger partial charge in [0, 0.05) is 11.7 Å². The van der Waals surface area contributed by atoms with Gasteiger partial charge < -0.3 is 10.6 Å². The molecule has 0 radical (unpaired) electrons. The van der Waals surface area contributed by atoms with Crippen LogP contribution in [0.5, 0.6) is 0 Å². The second kappa shape index (κ2) is 4.82. The van der Waals surface area contributed by atoms with Gasteiger partial charge in [0.2, 0.25) is 0 Å². The summed E-state index contributed by atoms with van der Waals surface area (Å²) in [4.78, 5) is 1.82. The first kappa shape index (κ1) is 11.6. The Morgan fingerprint density at radius 3 is 2.60 bits per heavy atom. The van der Waals surface area contributed by atoms with Crippen molar-refractivity contribution in [1.82, 2.24) is 0 Å². The molecule has 0 aliphatic heterocycles. The quantitative estimate of drug-likeness (QED) is 0.588. The molecule has 0 heterocycles. The third-order valence-corrected chi connectivity index (χ3v) is 2.37. The molecule has 0 fully saturated rings. The van der Waals surface area contributed by atoms with Gasteiger partial charge in [-0.05, 0) is 38.0 Å². The van der Waals surface area contributed by atoms with Crippen LogP contribution in [0.25, 0.3) is 0 Å². The third kappa shape index (κ3) is 2.72. The number of guanidine groups is 1. The van der Waals surface area contributed by atoms with Gasteiger partial charge >= 0.3 is 0 Å². The molecule has 3 heteroatoms. The summed E-state index contributed by atoms with van der Waals surface area (Å²) in [5.41, 5.74) is 7.83. The monoisotopic (exact) mass is 205 g/mol. The molecule has 0 saturated heterocycles. The van der Waals surface area contributed by atoms with Gasteiger partial charge in [-0.25, -0.2) is 0 Å². The van der Waals surface area contributed by atoms with Gasteiger partial charge in [-0.1, -0.05) is 19.1 Å². The van der Waals surface area contributed by atoms with Crippen LogP contribution >= 0.6 is 0 Å².